The van der Waals surface area contributed by atoms with Crippen LogP contribution >= 0.6 is 35.7 Å². The van der Waals surface area contributed by atoms with Gasteiger partial charge in [-0.2, -0.15) is 11.8 Å². The Morgan fingerprint density at radius 2 is 2.00 bits per heavy atom. The molecule has 2 N–H and O–H groups in total. The molecule has 1 aliphatic rings. The fourth-order valence-electron chi connectivity index (χ4n) is 1.63. The summed E-state index contributed by atoms with van der Waals surface area (Å²) in [5, 5.41) is 0. The first-order valence-electron chi connectivity index (χ1n) is 5.38. The van der Waals surface area contributed by atoms with Crippen molar-refractivity contribution in [3.05, 3.63) is 0 Å². The van der Waals surface area contributed by atoms with E-state index in [1.807, 2.05) is 11.8 Å². The van der Waals surface area contributed by atoms with E-state index in [-0.39, 0.29) is 24.0 Å². The van der Waals surface area contributed by atoms with E-state index in [0.29, 0.717) is 0 Å². The highest BCUT2D eigenvalue weighted by molar-refractivity contribution is 14.0. The smallest absolute Gasteiger partial charge is 0.191 e. The molecule has 15 heavy (non-hydrogen) atoms. The maximum Gasteiger partial charge on any atom is 0.191 e. The van der Waals surface area contributed by atoms with Crippen molar-refractivity contribution in [2.75, 3.05) is 31.6 Å². The van der Waals surface area contributed by atoms with E-state index < -0.39 is 0 Å². The molecule has 0 bridgehead atoms. The van der Waals surface area contributed by atoms with Gasteiger partial charge in [0.25, 0.3) is 0 Å². The summed E-state index contributed by atoms with van der Waals surface area (Å²) >= 11 is 1.87. The lowest BCUT2D eigenvalue weighted by molar-refractivity contribution is 0.338. The standard InChI is InChI=1S/C10H21N3S.HI/c1-14-9-5-6-12-10(11)13-7-3-2-4-8-13;/h2-9H2,1H3,(H2,11,12);1H. The molecule has 0 saturated carbocycles. The number of halogens is 1. The van der Waals surface area contributed by atoms with Crippen molar-refractivity contribution in [1.82, 2.24) is 4.90 Å². The van der Waals surface area contributed by atoms with Gasteiger partial charge < -0.3 is 10.6 Å². The number of thioether (sulfide) groups is 1. The Bertz CT molecular complexity index is 182. The van der Waals surface area contributed by atoms with Crippen LogP contribution in [0.15, 0.2) is 4.99 Å². The van der Waals surface area contributed by atoms with Crippen LogP contribution in [0.3, 0.4) is 0 Å². The maximum absolute atomic E-state index is 5.90. The monoisotopic (exact) mass is 343 g/mol. The topological polar surface area (TPSA) is 41.6 Å². The van der Waals surface area contributed by atoms with Gasteiger partial charge in [0.2, 0.25) is 0 Å². The molecule has 90 valence electrons. The van der Waals surface area contributed by atoms with Gasteiger partial charge in [-0.3, -0.25) is 4.99 Å². The number of piperidine rings is 1. The fourth-order valence-corrected chi connectivity index (χ4v) is 2.04. The van der Waals surface area contributed by atoms with E-state index >= 15 is 0 Å². The highest BCUT2D eigenvalue weighted by Gasteiger charge is 2.11. The molecule has 1 saturated heterocycles. The van der Waals surface area contributed by atoms with Crippen LogP contribution in [0, 0.1) is 0 Å². The minimum absolute atomic E-state index is 0. The molecule has 5 heteroatoms. The Labute approximate surface area is 114 Å². The van der Waals surface area contributed by atoms with Gasteiger partial charge in [0.05, 0.1) is 0 Å². The van der Waals surface area contributed by atoms with Gasteiger partial charge in [-0.1, -0.05) is 0 Å². The fraction of sp³-hybridized carbons (Fsp3) is 0.900. The molecule has 1 rings (SSSR count). The second-order valence-electron chi connectivity index (χ2n) is 3.63. The summed E-state index contributed by atoms with van der Waals surface area (Å²) in [7, 11) is 0. The first-order valence-corrected chi connectivity index (χ1v) is 6.78. The number of hydrogen-bond donors (Lipinski definition) is 1. The van der Waals surface area contributed by atoms with Crippen molar-refractivity contribution in [3.63, 3.8) is 0 Å². The molecule has 0 spiro atoms. The predicted octanol–water partition coefficient (Wildman–Crippen LogP) is 2.16. The third-order valence-electron chi connectivity index (χ3n) is 2.46. The number of nitrogens with two attached hydrogens (primary N) is 1. The van der Waals surface area contributed by atoms with Crippen molar-refractivity contribution >= 4 is 41.7 Å². The van der Waals surface area contributed by atoms with Crippen LogP contribution < -0.4 is 5.73 Å². The van der Waals surface area contributed by atoms with Crippen LogP contribution in [0.4, 0.5) is 0 Å². The summed E-state index contributed by atoms with van der Waals surface area (Å²) in [5.74, 6) is 1.93. The van der Waals surface area contributed by atoms with Gasteiger partial charge in [-0.15, -0.1) is 24.0 Å². The molecular formula is C10H22IN3S. The van der Waals surface area contributed by atoms with E-state index in [4.69, 9.17) is 5.73 Å². The minimum Gasteiger partial charge on any atom is -0.370 e. The van der Waals surface area contributed by atoms with Gasteiger partial charge in [-0.05, 0) is 37.7 Å². The van der Waals surface area contributed by atoms with E-state index in [1.54, 1.807) is 0 Å². The molecule has 0 aromatic heterocycles. The molecule has 0 atom stereocenters. The lowest BCUT2D eigenvalue weighted by Crippen LogP contribution is -2.40. The first kappa shape index (κ1) is 15.3. The van der Waals surface area contributed by atoms with Gasteiger partial charge >= 0.3 is 0 Å². The van der Waals surface area contributed by atoms with Crippen LogP contribution in [0.1, 0.15) is 25.7 Å². The zero-order valence-electron chi connectivity index (χ0n) is 9.45. The van der Waals surface area contributed by atoms with Crippen LogP contribution in [-0.4, -0.2) is 42.5 Å². The third-order valence-corrected chi connectivity index (χ3v) is 3.16. The van der Waals surface area contributed by atoms with E-state index in [1.165, 1.54) is 25.0 Å². The minimum atomic E-state index is 0. The zero-order chi connectivity index (χ0) is 10.2. The third kappa shape index (κ3) is 6.50. The molecular weight excluding hydrogens is 321 g/mol. The van der Waals surface area contributed by atoms with Crippen LogP contribution in [-0.2, 0) is 0 Å². The summed E-state index contributed by atoms with van der Waals surface area (Å²) in [4.78, 5) is 6.60. The summed E-state index contributed by atoms with van der Waals surface area (Å²) < 4.78 is 0. The number of guanidine groups is 1. The number of aliphatic imine (C=N–C) groups is 1. The molecule has 0 aliphatic carbocycles. The molecule has 0 unspecified atom stereocenters. The second-order valence-corrected chi connectivity index (χ2v) is 4.62. The summed E-state index contributed by atoms with van der Waals surface area (Å²) in [6.45, 7) is 3.07. The molecule has 0 aromatic carbocycles. The number of rotatable bonds is 4. The molecule has 1 aliphatic heterocycles. The van der Waals surface area contributed by atoms with Crippen molar-refractivity contribution in [1.29, 1.82) is 0 Å². The van der Waals surface area contributed by atoms with Crippen LogP contribution in [0.5, 0.6) is 0 Å². The molecule has 0 amide bonds. The second kappa shape index (κ2) is 9.57. The Morgan fingerprint density at radius 1 is 1.33 bits per heavy atom. The van der Waals surface area contributed by atoms with E-state index in [2.05, 4.69) is 16.1 Å². The van der Waals surface area contributed by atoms with E-state index in [9.17, 15) is 0 Å². The summed E-state index contributed by atoms with van der Waals surface area (Å²) in [5.41, 5.74) is 5.90. The number of nitrogens with zero attached hydrogens (tertiary/aromatic N) is 2. The summed E-state index contributed by atoms with van der Waals surface area (Å²) in [6, 6.07) is 0. The highest BCUT2D eigenvalue weighted by atomic mass is 127. The molecule has 1 heterocycles. The lowest BCUT2D eigenvalue weighted by atomic mass is 10.1. The Hall–Kier alpha value is 0.350. The average molecular weight is 343 g/mol. The Kier molecular flexibility index (Phi) is 9.79. The lowest BCUT2D eigenvalue weighted by Gasteiger charge is -2.27. The number of hydrogen-bond acceptors (Lipinski definition) is 2. The van der Waals surface area contributed by atoms with E-state index in [0.717, 1.165) is 32.0 Å². The zero-order valence-corrected chi connectivity index (χ0v) is 12.6. The molecule has 3 nitrogen and oxygen atoms in total. The molecule has 0 radical (unpaired) electrons. The quantitative estimate of drug-likeness (QED) is 0.368. The highest BCUT2D eigenvalue weighted by Crippen LogP contribution is 2.07. The molecule has 0 aromatic rings. The summed E-state index contributed by atoms with van der Waals surface area (Å²) in [6.07, 6.45) is 7.13. The average Bonchev–Trinajstić information content (AvgIpc) is 2.25. The van der Waals surface area contributed by atoms with Gasteiger partial charge in [0.1, 0.15) is 0 Å². The van der Waals surface area contributed by atoms with Crippen molar-refractivity contribution in [2.45, 2.75) is 25.7 Å². The van der Waals surface area contributed by atoms with Crippen molar-refractivity contribution in [2.24, 2.45) is 10.7 Å². The SMILES string of the molecule is CSCCCN=C(N)N1CCCCC1.I. The molecule has 1 fully saturated rings. The first-order chi connectivity index (χ1) is 6.84. The van der Waals surface area contributed by atoms with Crippen LogP contribution in [0.25, 0.3) is 0 Å². The number of likely N-dealkylation sites (tertiary alicyclic amines) is 1. The van der Waals surface area contributed by atoms with Crippen molar-refractivity contribution < 1.29 is 0 Å². The Balaban J connectivity index is 0.00000196. The van der Waals surface area contributed by atoms with Gasteiger partial charge in [0, 0.05) is 19.6 Å². The Morgan fingerprint density at radius 3 is 2.60 bits per heavy atom. The largest absolute Gasteiger partial charge is 0.370 e. The van der Waals surface area contributed by atoms with Gasteiger partial charge in [-0.25, -0.2) is 0 Å². The van der Waals surface area contributed by atoms with Crippen molar-refractivity contribution in [3.8, 4) is 0 Å². The normalized spacial score (nSPS) is 17.4. The van der Waals surface area contributed by atoms with Crippen LogP contribution in [0.2, 0.25) is 0 Å². The predicted molar refractivity (Wildman–Crippen MR) is 80.3 cm³/mol. The maximum atomic E-state index is 5.90. The van der Waals surface area contributed by atoms with Gasteiger partial charge in [0.15, 0.2) is 5.96 Å².